The predicted octanol–water partition coefficient (Wildman–Crippen LogP) is 1.98. The first-order valence-electron chi connectivity index (χ1n) is 6.52. The van der Waals surface area contributed by atoms with E-state index < -0.39 is 0 Å². The molecule has 0 amide bonds. The van der Waals surface area contributed by atoms with E-state index in [9.17, 15) is 5.11 Å². The lowest BCUT2D eigenvalue weighted by atomic mass is 9.77. The van der Waals surface area contributed by atoms with Gasteiger partial charge in [0.2, 0.25) is 0 Å². The lowest BCUT2D eigenvalue weighted by Gasteiger charge is -2.32. The molecule has 16 heavy (non-hydrogen) atoms. The molecule has 94 valence electrons. The van der Waals surface area contributed by atoms with Crippen molar-refractivity contribution in [3.8, 4) is 0 Å². The van der Waals surface area contributed by atoms with Crippen LogP contribution in [0.15, 0.2) is 0 Å². The van der Waals surface area contributed by atoms with Crippen LogP contribution < -0.4 is 0 Å². The molecule has 1 saturated heterocycles. The van der Waals surface area contributed by atoms with Crippen molar-refractivity contribution in [1.82, 2.24) is 0 Å². The van der Waals surface area contributed by atoms with Gasteiger partial charge in [0.25, 0.3) is 0 Å². The van der Waals surface area contributed by atoms with Crippen LogP contribution >= 0.6 is 0 Å². The highest BCUT2D eigenvalue weighted by atomic mass is 16.5. The Kier molecular flexibility index (Phi) is 3.88. The lowest BCUT2D eigenvalue weighted by Crippen LogP contribution is -2.37. The van der Waals surface area contributed by atoms with Gasteiger partial charge in [-0.3, -0.25) is 0 Å². The number of hydrogen-bond donors (Lipinski definition) is 1. The molecule has 1 heterocycles. The lowest BCUT2D eigenvalue weighted by molar-refractivity contribution is -0.0275. The monoisotopic (exact) mass is 228 g/mol. The summed E-state index contributed by atoms with van der Waals surface area (Å²) in [6.45, 7) is 5.90. The number of hydrogen-bond acceptors (Lipinski definition) is 3. The predicted molar refractivity (Wildman–Crippen MR) is 62.3 cm³/mol. The SMILES string of the molecule is CC(C)OCCC1(CO)CCOC1C1CC1. The minimum atomic E-state index is -0.0178. The summed E-state index contributed by atoms with van der Waals surface area (Å²) in [4.78, 5) is 0. The normalized spacial score (nSPS) is 34.9. The van der Waals surface area contributed by atoms with Crippen molar-refractivity contribution in [2.24, 2.45) is 11.3 Å². The average molecular weight is 228 g/mol. The van der Waals surface area contributed by atoms with Crippen LogP contribution in [-0.2, 0) is 9.47 Å². The van der Waals surface area contributed by atoms with E-state index in [1.54, 1.807) is 0 Å². The Balaban J connectivity index is 1.89. The Labute approximate surface area is 98.1 Å². The zero-order valence-electron chi connectivity index (χ0n) is 10.4. The molecule has 1 aliphatic heterocycles. The van der Waals surface area contributed by atoms with Gasteiger partial charge < -0.3 is 14.6 Å². The number of aliphatic hydroxyl groups is 1. The van der Waals surface area contributed by atoms with Gasteiger partial charge in [0, 0.05) is 18.6 Å². The zero-order valence-corrected chi connectivity index (χ0v) is 10.4. The van der Waals surface area contributed by atoms with Crippen LogP contribution in [0.3, 0.4) is 0 Å². The summed E-state index contributed by atoms with van der Waals surface area (Å²) in [7, 11) is 0. The van der Waals surface area contributed by atoms with Crippen LogP contribution in [-0.4, -0.2) is 37.1 Å². The highest BCUT2D eigenvalue weighted by Crippen LogP contribution is 2.49. The van der Waals surface area contributed by atoms with Gasteiger partial charge >= 0.3 is 0 Å². The molecule has 0 aromatic heterocycles. The topological polar surface area (TPSA) is 38.7 Å². The van der Waals surface area contributed by atoms with E-state index >= 15 is 0 Å². The summed E-state index contributed by atoms with van der Waals surface area (Å²) < 4.78 is 11.4. The first kappa shape index (κ1) is 12.3. The quantitative estimate of drug-likeness (QED) is 0.755. The fourth-order valence-electron chi connectivity index (χ4n) is 2.76. The highest BCUT2D eigenvalue weighted by Gasteiger charge is 2.50. The molecule has 2 fully saturated rings. The van der Waals surface area contributed by atoms with Crippen LogP contribution in [0.2, 0.25) is 0 Å². The summed E-state index contributed by atoms with van der Waals surface area (Å²) in [5.41, 5.74) is -0.0178. The van der Waals surface area contributed by atoms with E-state index in [2.05, 4.69) is 13.8 Å². The van der Waals surface area contributed by atoms with E-state index in [0.29, 0.717) is 5.92 Å². The standard InChI is InChI=1S/C13H24O3/c1-10(2)15-7-5-13(9-14)6-8-16-12(13)11-3-4-11/h10-12,14H,3-9H2,1-2H3. The van der Waals surface area contributed by atoms with Crippen LogP contribution in [0.25, 0.3) is 0 Å². The Morgan fingerprint density at radius 1 is 1.44 bits per heavy atom. The molecule has 1 aliphatic carbocycles. The van der Waals surface area contributed by atoms with Crippen molar-refractivity contribution in [3.63, 3.8) is 0 Å². The summed E-state index contributed by atoms with van der Waals surface area (Å²) in [5, 5.41) is 9.69. The summed E-state index contributed by atoms with van der Waals surface area (Å²) >= 11 is 0. The van der Waals surface area contributed by atoms with E-state index in [4.69, 9.17) is 9.47 Å². The fourth-order valence-corrected chi connectivity index (χ4v) is 2.76. The number of aliphatic hydroxyl groups excluding tert-OH is 1. The van der Waals surface area contributed by atoms with Gasteiger partial charge in [-0.15, -0.1) is 0 Å². The molecule has 0 aromatic rings. The zero-order chi connectivity index (χ0) is 11.6. The van der Waals surface area contributed by atoms with Gasteiger partial charge in [-0.1, -0.05) is 0 Å². The van der Waals surface area contributed by atoms with Crippen molar-refractivity contribution >= 4 is 0 Å². The van der Waals surface area contributed by atoms with Gasteiger partial charge in [-0.2, -0.15) is 0 Å². The minimum absolute atomic E-state index is 0.0178. The third kappa shape index (κ3) is 2.58. The molecule has 0 aromatic carbocycles. The molecule has 1 N–H and O–H groups in total. The maximum Gasteiger partial charge on any atom is 0.0683 e. The molecule has 2 atom stereocenters. The molecule has 0 spiro atoms. The van der Waals surface area contributed by atoms with Crippen molar-refractivity contribution in [1.29, 1.82) is 0 Å². The Morgan fingerprint density at radius 3 is 2.75 bits per heavy atom. The molecular weight excluding hydrogens is 204 g/mol. The van der Waals surface area contributed by atoms with Gasteiger partial charge in [0.15, 0.2) is 0 Å². The van der Waals surface area contributed by atoms with Gasteiger partial charge in [-0.25, -0.2) is 0 Å². The van der Waals surface area contributed by atoms with E-state index in [1.807, 2.05) is 0 Å². The third-order valence-electron chi connectivity index (χ3n) is 3.92. The Hall–Kier alpha value is -0.120. The minimum Gasteiger partial charge on any atom is -0.396 e. The van der Waals surface area contributed by atoms with Crippen molar-refractivity contribution in [2.75, 3.05) is 19.8 Å². The van der Waals surface area contributed by atoms with Crippen LogP contribution in [0, 0.1) is 11.3 Å². The highest BCUT2D eigenvalue weighted by molar-refractivity contribution is 4.99. The van der Waals surface area contributed by atoms with E-state index in [0.717, 1.165) is 26.1 Å². The number of ether oxygens (including phenoxy) is 2. The summed E-state index contributed by atoms with van der Waals surface area (Å²) in [6, 6.07) is 0. The Morgan fingerprint density at radius 2 is 2.19 bits per heavy atom. The third-order valence-corrected chi connectivity index (χ3v) is 3.92. The molecular formula is C13H24O3. The van der Waals surface area contributed by atoms with Crippen LogP contribution in [0.4, 0.5) is 0 Å². The average Bonchev–Trinajstić information content (AvgIpc) is 3.00. The summed E-state index contributed by atoms with van der Waals surface area (Å²) in [6.07, 6.45) is 5.04. The van der Waals surface area contributed by atoms with Crippen LogP contribution in [0.1, 0.15) is 39.5 Å². The van der Waals surface area contributed by atoms with Gasteiger partial charge in [-0.05, 0) is 45.4 Å². The molecule has 0 bridgehead atoms. The second kappa shape index (κ2) is 5.03. The largest absolute Gasteiger partial charge is 0.396 e. The van der Waals surface area contributed by atoms with Crippen molar-refractivity contribution < 1.29 is 14.6 Å². The van der Waals surface area contributed by atoms with Crippen molar-refractivity contribution in [3.05, 3.63) is 0 Å². The molecule has 2 rings (SSSR count). The Bertz CT molecular complexity index is 225. The first-order chi connectivity index (χ1) is 7.68. The second-order valence-electron chi connectivity index (χ2n) is 5.57. The fraction of sp³-hybridized carbons (Fsp3) is 1.00. The van der Waals surface area contributed by atoms with Crippen LogP contribution in [0.5, 0.6) is 0 Å². The summed E-state index contributed by atoms with van der Waals surface area (Å²) in [5.74, 6) is 0.702. The molecule has 3 heteroatoms. The van der Waals surface area contributed by atoms with E-state index in [-0.39, 0.29) is 24.2 Å². The molecule has 0 radical (unpaired) electrons. The molecule has 3 nitrogen and oxygen atoms in total. The van der Waals surface area contributed by atoms with Gasteiger partial charge in [0.05, 0.1) is 18.8 Å². The first-order valence-corrected chi connectivity index (χ1v) is 6.52. The molecule has 2 unspecified atom stereocenters. The second-order valence-corrected chi connectivity index (χ2v) is 5.57. The molecule has 2 aliphatic rings. The maximum atomic E-state index is 9.69. The van der Waals surface area contributed by atoms with E-state index in [1.165, 1.54) is 12.8 Å². The van der Waals surface area contributed by atoms with Crippen molar-refractivity contribution in [2.45, 2.75) is 51.7 Å². The smallest absolute Gasteiger partial charge is 0.0683 e. The molecule has 1 saturated carbocycles. The maximum absolute atomic E-state index is 9.69. The number of rotatable bonds is 6. The van der Waals surface area contributed by atoms with Gasteiger partial charge in [0.1, 0.15) is 0 Å².